The second-order valence-electron chi connectivity index (χ2n) is 6.49. The van der Waals surface area contributed by atoms with Crippen molar-refractivity contribution < 1.29 is 14.2 Å². The van der Waals surface area contributed by atoms with Gasteiger partial charge in [-0.05, 0) is 31.2 Å². The van der Waals surface area contributed by atoms with Crippen molar-refractivity contribution in [3.8, 4) is 17.0 Å². The molecule has 0 spiro atoms. The van der Waals surface area contributed by atoms with E-state index < -0.39 is 11.9 Å². The van der Waals surface area contributed by atoms with Gasteiger partial charge < -0.3 is 9.84 Å². The lowest BCUT2D eigenvalue weighted by molar-refractivity contribution is 0.173. The first kappa shape index (κ1) is 18.2. The minimum Gasteiger partial charge on any atom is -0.484 e. The van der Waals surface area contributed by atoms with Gasteiger partial charge in [0.25, 0.3) is 0 Å². The molecule has 0 aliphatic carbocycles. The van der Waals surface area contributed by atoms with E-state index in [-0.39, 0.29) is 11.1 Å². The fraction of sp³-hybridized carbons (Fsp3) is 0.263. The molecule has 27 heavy (non-hydrogen) atoms. The van der Waals surface area contributed by atoms with E-state index in [1.54, 1.807) is 30.1 Å². The number of benzene rings is 1. The average molecular weight is 408 g/mol. The largest absolute Gasteiger partial charge is 0.484 e. The molecule has 0 bridgehead atoms. The lowest BCUT2D eigenvalue weighted by Gasteiger charge is -2.18. The van der Waals surface area contributed by atoms with Crippen LogP contribution in [0.2, 0.25) is 10.0 Å². The number of aromatic nitrogens is 3. The van der Waals surface area contributed by atoms with Gasteiger partial charge in [-0.15, -0.1) is 0 Å². The molecule has 5 nitrogen and oxygen atoms in total. The first-order chi connectivity index (χ1) is 12.9. The molecule has 0 saturated carbocycles. The van der Waals surface area contributed by atoms with Crippen molar-refractivity contribution in [3.63, 3.8) is 0 Å². The molecule has 3 heterocycles. The highest BCUT2D eigenvalue weighted by molar-refractivity contribution is 6.36. The second-order valence-corrected chi connectivity index (χ2v) is 7.27. The molecule has 1 aliphatic heterocycles. The molecule has 4 rings (SSSR count). The van der Waals surface area contributed by atoms with Crippen LogP contribution in [-0.2, 0) is 13.0 Å². The van der Waals surface area contributed by atoms with Gasteiger partial charge in [-0.3, -0.25) is 9.67 Å². The normalized spacial score (nSPS) is 17.0. The van der Waals surface area contributed by atoms with Gasteiger partial charge in [-0.2, -0.15) is 5.10 Å². The van der Waals surface area contributed by atoms with Crippen LogP contribution in [0, 0.1) is 5.82 Å². The molecule has 2 atom stereocenters. The zero-order chi connectivity index (χ0) is 19.1. The van der Waals surface area contributed by atoms with Crippen LogP contribution < -0.4 is 4.74 Å². The zero-order valence-corrected chi connectivity index (χ0v) is 15.9. The molecule has 1 unspecified atom stereocenters. The zero-order valence-electron chi connectivity index (χ0n) is 14.4. The van der Waals surface area contributed by atoms with E-state index in [0.29, 0.717) is 29.3 Å². The van der Waals surface area contributed by atoms with Crippen molar-refractivity contribution >= 4 is 23.2 Å². The summed E-state index contributed by atoms with van der Waals surface area (Å²) in [7, 11) is 0. The van der Waals surface area contributed by atoms with Crippen LogP contribution >= 0.6 is 23.2 Å². The summed E-state index contributed by atoms with van der Waals surface area (Å²) in [6.07, 6.45) is 2.89. The van der Waals surface area contributed by atoms with E-state index >= 15 is 0 Å². The predicted octanol–water partition coefficient (Wildman–Crippen LogP) is 4.45. The highest BCUT2D eigenvalue weighted by Gasteiger charge is 2.22. The number of aliphatic hydroxyl groups is 1. The van der Waals surface area contributed by atoms with Crippen LogP contribution in [0.4, 0.5) is 4.39 Å². The lowest BCUT2D eigenvalue weighted by atomic mass is 10.1. The smallest absolute Gasteiger partial charge is 0.142 e. The van der Waals surface area contributed by atoms with Crippen LogP contribution in [0.3, 0.4) is 0 Å². The highest BCUT2D eigenvalue weighted by atomic mass is 35.5. The molecular weight excluding hydrogens is 392 g/mol. The molecule has 0 fully saturated rings. The topological polar surface area (TPSA) is 60.2 Å². The number of aliphatic hydroxyl groups excluding tert-OH is 1. The number of hydrogen-bond donors (Lipinski definition) is 1. The van der Waals surface area contributed by atoms with Gasteiger partial charge in [-0.25, -0.2) is 4.39 Å². The predicted molar refractivity (Wildman–Crippen MR) is 101 cm³/mol. The Morgan fingerprint density at radius 3 is 2.89 bits per heavy atom. The van der Waals surface area contributed by atoms with E-state index in [9.17, 15) is 9.50 Å². The summed E-state index contributed by atoms with van der Waals surface area (Å²) in [5.74, 6) is -0.0577. The Morgan fingerprint density at radius 2 is 2.11 bits per heavy atom. The number of halogens is 3. The summed E-state index contributed by atoms with van der Waals surface area (Å²) in [5.41, 5.74) is 2.91. The second kappa shape index (κ2) is 7.11. The van der Waals surface area contributed by atoms with Gasteiger partial charge in [0.05, 0.1) is 29.6 Å². The summed E-state index contributed by atoms with van der Waals surface area (Å²) in [6.45, 7) is 2.23. The highest BCUT2D eigenvalue weighted by Crippen LogP contribution is 2.35. The molecule has 2 aromatic heterocycles. The van der Waals surface area contributed by atoms with Gasteiger partial charge in [-0.1, -0.05) is 23.2 Å². The number of fused-ring (bicyclic) bond motifs is 1. The van der Waals surface area contributed by atoms with Crippen molar-refractivity contribution in [2.24, 2.45) is 0 Å². The Kier molecular flexibility index (Phi) is 4.80. The summed E-state index contributed by atoms with van der Waals surface area (Å²) < 4.78 is 21.5. The van der Waals surface area contributed by atoms with Crippen molar-refractivity contribution in [2.45, 2.75) is 32.1 Å². The maximum Gasteiger partial charge on any atom is 0.142 e. The number of hydrogen-bond acceptors (Lipinski definition) is 4. The molecule has 8 heteroatoms. The van der Waals surface area contributed by atoms with Crippen molar-refractivity contribution in [2.75, 3.05) is 0 Å². The molecule has 1 N–H and O–H groups in total. The van der Waals surface area contributed by atoms with Crippen LogP contribution in [0.1, 0.15) is 24.3 Å². The summed E-state index contributed by atoms with van der Waals surface area (Å²) in [6, 6.07) is 6.41. The molecule has 1 aliphatic rings. The van der Waals surface area contributed by atoms with Crippen molar-refractivity contribution in [3.05, 3.63) is 63.8 Å². The first-order valence-corrected chi connectivity index (χ1v) is 9.18. The number of ether oxygens (including phenoxy) is 1. The molecule has 0 saturated heterocycles. The van der Waals surface area contributed by atoms with Crippen LogP contribution in [0.15, 0.2) is 36.7 Å². The Labute approximate surface area is 165 Å². The third-order valence-electron chi connectivity index (χ3n) is 4.50. The standard InChI is InChI=1S/C19H16Cl2FN3O2/c1-10(18-15(20)2-3-16(22)19(18)21)27-14-4-11(7-23-8-14)17-6-12-5-13(26)9-25(12)24-17/h2-4,6-8,10,13,26H,5,9H2,1H3/t10-,13?/m1/s1. The molecular formula is C19H16Cl2FN3O2. The number of pyridine rings is 1. The Balaban J connectivity index is 1.59. The third-order valence-corrected chi connectivity index (χ3v) is 5.21. The Morgan fingerprint density at radius 1 is 1.30 bits per heavy atom. The van der Waals surface area contributed by atoms with Crippen LogP contribution in [0.25, 0.3) is 11.3 Å². The van der Waals surface area contributed by atoms with Gasteiger partial charge in [0.1, 0.15) is 17.7 Å². The van der Waals surface area contributed by atoms with E-state index in [1.807, 2.05) is 6.07 Å². The van der Waals surface area contributed by atoms with Gasteiger partial charge in [0.2, 0.25) is 0 Å². The summed E-state index contributed by atoms with van der Waals surface area (Å²) in [4.78, 5) is 4.20. The quantitative estimate of drug-likeness (QED) is 0.649. The summed E-state index contributed by atoms with van der Waals surface area (Å²) in [5, 5.41) is 14.5. The average Bonchev–Trinajstić information content (AvgIpc) is 3.16. The molecule has 0 radical (unpaired) electrons. The molecule has 140 valence electrons. The molecule has 3 aromatic rings. The van der Waals surface area contributed by atoms with Crippen molar-refractivity contribution in [1.29, 1.82) is 0 Å². The fourth-order valence-electron chi connectivity index (χ4n) is 3.23. The number of rotatable bonds is 4. The first-order valence-electron chi connectivity index (χ1n) is 8.42. The van der Waals surface area contributed by atoms with Gasteiger partial charge in [0, 0.05) is 34.5 Å². The summed E-state index contributed by atoms with van der Waals surface area (Å²) >= 11 is 12.2. The van der Waals surface area contributed by atoms with E-state index in [1.165, 1.54) is 12.1 Å². The molecule has 1 aromatic carbocycles. The van der Waals surface area contributed by atoms with E-state index in [0.717, 1.165) is 17.0 Å². The fourth-order valence-corrected chi connectivity index (χ4v) is 3.90. The van der Waals surface area contributed by atoms with Gasteiger partial charge in [0.15, 0.2) is 0 Å². The lowest BCUT2D eigenvalue weighted by Crippen LogP contribution is -2.08. The number of nitrogens with zero attached hydrogens (tertiary/aromatic N) is 3. The van der Waals surface area contributed by atoms with Crippen LogP contribution in [-0.4, -0.2) is 26.0 Å². The Hall–Kier alpha value is -2.15. The SMILES string of the molecule is C[C@@H](Oc1cncc(-c2cc3n(n2)CC(O)C3)c1)c1c(Cl)ccc(F)c1Cl. The van der Waals surface area contributed by atoms with Crippen molar-refractivity contribution in [1.82, 2.24) is 14.8 Å². The third kappa shape index (κ3) is 3.52. The van der Waals surface area contributed by atoms with Gasteiger partial charge >= 0.3 is 0 Å². The van der Waals surface area contributed by atoms with E-state index in [4.69, 9.17) is 27.9 Å². The minimum atomic E-state index is -0.570. The van der Waals surface area contributed by atoms with E-state index in [2.05, 4.69) is 10.1 Å². The maximum absolute atomic E-state index is 13.8. The monoisotopic (exact) mass is 407 g/mol. The molecule has 0 amide bonds. The minimum absolute atomic E-state index is 0.0526. The Bertz CT molecular complexity index is 985. The van der Waals surface area contributed by atoms with Crippen LogP contribution in [0.5, 0.6) is 5.75 Å². The maximum atomic E-state index is 13.8.